The second-order valence-electron chi connectivity index (χ2n) is 6.07. The molecule has 1 saturated heterocycles. The van der Waals surface area contributed by atoms with Gasteiger partial charge >= 0.3 is 5.97 Å². The summed E-state index contributed by atoms with van der Waals surface area (Å²) in [6.45, 7) is 2.06. The fourth-order valence-electron chi connectivity index (χ4n) is 2.95. The lowest BCUT2D eigenvalue weighted by Crippen LogP contribution is -2.57. The molecule has 2 rings (SSSR count). The summed E-state index contributed by atoms with van der Waals surface area (Å²) in [6.07, 6.45) is 6.43. The highest BCUT2D eigenvalue weighted by Gasteiger charge is 2.44. The Morgan fingerprint density at radius 2 is 1.95 bits per heavy atom. The first-order valence-electron chi connectivity index (χ1n) is 7.82. The van der Waals surface area contributed by atoms with Crippen LogP contribution >= 0.6 is 0 Å². The van der Waals surface area contributed by atoms with Crippen molar-refractivity contribution in [2.24, 2.45) is 0 Å². The Hall–Kier alpha value is -1.14. The molecule has 1 amide bonds. The van der Waals surface area contributed by atoms with Crippen molar-refractivity contribution in [1.29, 1.82) is 0 Å². The number of carboxylic acids is 1. The Bertz CT molecular complexity index is 370. The van der Waals surface area contributed by atoms with Gasteiger partial charge in [-0.3, -0.25) is 4.79 Å². The van der Waals surface area contributed by atoms with Gasteiger partial charge in [-0.05, 0) is 19.8 Å². The number of amides is 1. The summed E-state index contributed by atoms with van der Waals surface area (Å²) >= 11 is 0. The number of aliphatic carboxylic acids is 1. The predicted molar refractivity (Wildman–Crippen MR) is 76.0 cm³/mol. The third-order valence-electron chi connectivity index (χ3n) is 4.36. The lowest BCUT2D eigenvalue weighted by molar-refractivity contribution is -0.151. The molecule has 0 aromatic heterocycles. The summed E-state index contributed by atoms with van der Waals surface area (Å²) in [5, 5.41) is 11.9. The minimum atomic E-state index is -1.29. The largest absolute Gasteiger partial charge is 0.479 e. The molecule has 21 heavy (non-hydrogen) atoms. The van der Waals surface area contributed by atoms with E-state index in [0.29, 0.717) is 13.0 Å². The molecule has 6 nitrogen and oxygen atoms in total. The van der Waals surface area contributed by atoms with Crippen LogP contribution in [0.4, 0.5) is 0 Å². The van der Waals surface area contributed by atoms with Gasteiger partial charge < -0.3 is 19.9 Å². The number of nitrogens with one attached hydrogen (secondary N) is 1. The molecule has 1 aliphatic heterocycles. The van der Waals surface area contributed by atoms with E-state index in [1.165, 1.54) is 12.8 Å². The van der Waals surface area contributed by atoms with Crippen LogP contribution in [0.25, 0.3) is 0 Å². The highest BCUT2D eigenvalue weighted by Crippen LogP contribution is 2.22. The minimum absolute atomic E-state index is 0.0181. The summed E-state index contributed by atoms with van der Waals surface area (Å²) in [5.74, 6) is -1.41. The summed E-state index contributed by atoms with van der Waals surface area (Å²) < 4.78 is 11.0. The number of ether oxygens (including phenoxy) is 2. The van der Waals surface area contributed by atoms with Gasteiger partial charge in [0.25, 0.3) is 0 Å². The van der Waals surface area contributed by atoms with Crippen LogP contribution in [0, 0.1) is 0 Å². The number of hydrogen-bond donors (Lipinski definition) is 2. The summed E-state index contributed by atoms with van der Waals surface area (Å²) in [7, 11) is 0. The van der Waals surface area contributed by atoms with Crippen LogP contribution in [0.5, 0.6) is 0 Å². The van der Waals surface area contributed by atoms with E-state index in [1.807, 2.05) is 0 Å². The van der Waals surface area contributed by atoms with E-state index in [0.717, 1.165) is 25.7 Å². The van der Waals surface area contributed by atoms with Crippen LogP contribution in [0.3, 0.4) is 0 Å². The second-order valence-corrected chi connectivity index (χ2v) is 6.07. The summed E-state index contributed by atoms with van der Waals surface area (Å²) in [4.78, 5) is 23.6. The maximum absolute atomic E-state index is 12.2. The average Bonchev–Trinajstić information content (AvgIpc) is 2.77. The first-order chi connectivity index (χ1) is 10.0. The van der Waals surface area contributed by atoms with Gasteiger partial charge in [-0.2, -0.15) is 0 Å². The van der Waals surface area contributed by atoms with Crippen LogP contribution in [0.1, 0.15) is 51.9 Å². The molecule has 2 atom stereocenters. The van der Waals surface area contributed by atoms with Crippen LogP contribution in [0.15, 0.2) is 0 Å². The summed E-state index contributed by atoms with van der Waals surface area (Å²) in [6, 6.07) is 0. The van der Waals surface area contributed by atoms with Crippen LogP contribution < -0.4 is 5.32 Å². The highest BCUT2D eigenvalue weighted by molar-refractivity contribution is 5.89. The molecule has 1 saturated carbocycles. The van der Waals surface area contributed by atoms with Gasteiger partial charge in [-0.25, -0.2) is 4.79 Å². The van der Waals surface area contributed by atoms with Gasteiger partial charge in [0.1, 0.15) is 6.10 Å². The molecule has 2 fully saturated rings. The zero-order valence-corrected chi connectivity index (χ0v) is 12.6. The van der Waals surface area contributed by atoms with Crippen molar-refractivity contribution in [3.05, 3.63) is 0 Å². The standard InChI is InChI=1S/C15H25NO5/c1-11(21-12-6-4-2-3-5-7-12)13(17)16-15(14(18)19)8-9-20-10-15/h11-12H,2-10H2,1H3,(H,16,17)(H,18,19). The first kappa shape index (κ1) is 16.2. The van der Waals surface area contributed by atoms with Crippen molar-refractivity contribution < 1.29 is 24.2 Å². The quantitative estimate of drug-likeness (QED) is 0.751. The van der Waals surface area contributed by atoms with Gasteiger partial charge in [-0.1, -0.05) is 25.7 Å². The van der Waals surface area contributed by atoms with Crippen molar-refractivity contribution in [2.75, 3.05) is 13.2 Å². The van der Waals surface area contributed by atoms with Gasteiger partial charge in [-0.15, -0.1) is 0 Å². The molecule has 1 aliphatic carbocycles. The minimum Gasteiger partial charge on any atom is -0.479 e. The van der Waals surface area contributed by atoms with E-state index in [9.17, 15) is 14.7 Å². The molecular formula is C15H25NO5. The first-order valence-corrected chi connectivity index (χ1v) is 7.82. The number of carbonyl (C=O) groups excluding carboxylic acids is 1. The molecule has 1 heterocycles. The van der Waals surface area contributed by atoms with Crippen molar-refractivity contribution >= 4 is 11.9 Å². The number of carboxylic acid groups (broad SMARTS) is 1. The third-order valence-corrected chi connectivity index (χ3v) is 4.36. The maximum Gasteiger partial charge on any atom is 0.331 e. The van der Waals surface area contributed by atoms with Gasteiger partial charge in [0.2, 0.25) is 5.91 Å². The summed E-state index contributed by atoms with van der Waals surface area (Å²) in [5.41, 5.74) is -1.29. The van der Waals surface area contributed by atoms with Crippen molar-refractivity contribution in [3.8, 4) is 0 Å². The molecular weight excluding hydrogens is 274 g/mol. The molecule has 0 spiro atoms. The number of rotatable bonds is 5. The molecule has 0 aromatic rings. The van der Waals surface area contributed by atoms with Crippen LogP contribution in [-0.2, 0) is 19.1 Å². The molecule has 2 aliphatic rings. The normalized spacial score (nSPS) is 28.8. The molecule has 2 N–H and O–H groups in total. The van der Waals surface area contributed by atoms with Gasteiger partial charge in [0, 0.05) is 13.0 Å². The van der Waals surface area contributed by atoms with Crippen molar-refractivity contribution in [2.45, 2.75) is 69.6 Å². The molecule has 120 valence electrons. The third kappa shape index (κ3) is 4.17. The van der Waals surface area contributed by atoms with E-state index >= 15 is 0 Å². The van der Waals surface area contributed by atoms with Gasteiger partial charge in [0.15, 0.2) is 5.54 Å². The Balaban J connectivity index is 1.88. The Labute approximate surface area is 125 Å². The van der Waals surface area contributed by atoms with E-state index in [4.69, 9.17) is 9.47 Å². The van der Waals surface area contributed by atoms with Crippen molar-refractivity contribution in [3.63, 3.8) is 0 Å². The number of carbonyl (C=O) groups is 2. The smallest absolute Gasteiger partial charge is 0.331 e. The van der Waals surface area contributed by atoms with E-state index in [-0.39, 0.29) is 18.6 Å². The number of hydrogen-bond acceptors (Lipinski definition) is 4. The fraction of sp³-hybridized carbons (Fsp3) is 0.867. The average molecular weight is 299 g/mol. The SMILES string of the molecule is CC(OC1CCCCCC1)C(=O)NC1(C(=O)O)CCOC1. The predicted octanol–water partition coefficient (Wildman–Crippen LogP) is 1.47. The maximum atomic E-state index is 12.2. The van der Waals surface area contributed by atoms with Crippen LogP contribution in [-0.4, -0.2) is 47.9 Å². The zero-order valence-electron chi connectivity index (χ0n) is 12.6. The molecule has 0 bridgehead atoms. The lowest BCUT2D eigenvalue weighted by Gasteiger charge is -2.27. The monoisotopic (exact) mass is 299 g/mol. The fourth-order valence-corrected chi connectivity index (χ4v) is 2.95. The van der Waals surface area contributed by atoms with E-state index < -0.39 is 17.6 Å². The van der Waals surface area contributed by atoms with E-state index in [2.05, 4.69) is 5.32 Å². The molecule has 0 radical (unpaired) electrons. The highest BCUT2D eigenvalue weighted by atomic mass is 16.5. The zero-order chi connectivity index (χ0) is 15.3. The molecule has 6 heteroatoms. The van der Waals surface area contributed by atoms with Crippen LogP contribution in [0.2, 0.25) is 0 Å². The van der Waals surface area contributed by atoms with Crippen molar-refractivity contribution in [1.82, 2.24) is 5.32 Å². The topological polar surface area (TPSA) is 84.9 Å². The lowest BCUT2D eigenvalue weighted by atomic mass is 9.98. The molecule has 0 aromatic carbocycles. The Morgan fingerprint density at radius 3 is 2.48 bits per heavy atom. The Morgan fingerprint density at radius 1 is 1.29 bits per heavy atom. The second kappa shape index (κ2) is 7.22. The van der Waals surface area contributed by atoms with Gasteiger partial charge in [0.05, 0.1) is 12.7 Å². The van der Waals surface area contributed by atoms with E-state index in [1.54, 1.807) is 6.92 Å². The molecule has 2 unspecified atom stereocenters. The Kier molecular flexibility index (Phi) is 5.58.